The number of rotatable bonds is 4. The second-order valence-corrected chi connectivity index (χ2v) is 5.15. The maximum Gasteiger partial charge on any atom is 0.157 e. The van der Waals surface area contributed by atoms with Crippen molar-refractivity contribution in [3.63, 3.8) is 0 Å². The highest BCUT2D eigenvalue weighted by atomic mass is 35.5. The number of ether oxygens (including phenoxy) is 1. The molecule has 22 heavy (non-hydrogen) atoms. The topological polar surface area (TPSA) is 56.8 Å². The molecule has 0 radical (unpaired) electrons. The minimum Gasteiger partial charge on any atom is -0.486 e. The molecule has 0 aliphatic rings. The average molecular weight is 329 g/mol. The van der Waals surface area contributed by atoms with Crippen LogP contribution < -0.4 is 4.74 Å². The van der Waals surface area contributed by atoms with E-state index >= 15 is 0 Å². The van der Waals surface area contributed by atoms with Crippen molar-refractivity contribution in [2.75, 3.05) is 0 Å². The van der Waals surface area contributed by atoms with Gasteiger partial charge in [-0.2, -0.15) is 10.5 Å². The van der Waals surface area contributed by atoms with Crippen LogP contribution in [0.2, 0.25) is 10.0 Å². The van der Waals surface area contributed by atoms with Crippen LogP contribution in [0.1, 0.15) is 16.7 Å². The zero-order chi connectivity index (χ0) is 15.9. The van der Waals surface area contributed by atoms with E-state index in [2.05, 4.69) is 6.07 Å². The molecular formula is C17H10Cl2N2O. The van der Waals surface area contributed by atoms with Crippen LogP contribution in [0.5, 0.6) is 5.75 Å². The standard InChI is InChI=1S/C17H10Cl2N2O/c18-15-8-12(4-3-7-20)9-16(19)17(15)22-11-14-6-2-1-5-13(14)10-21/h1-6,8-9H,11H2/b4-3+. The minimum absolute atomic E-state index is 0.191. The fourth-order valence-electron chi connectivity index (χ4n) is 1.85. The van der Waals surface area contributed by atoms with Crippen LogP contribution in [0.4, 0.5) is 0 Å². The fourth-order valence-corrected chi connectivity index (χ4v) is 2.47. The number of nitrogens with zero attached hydrogens (tertiary/aromatic N) is 2. The molecule has 0 bridgehead atoms. The van der Waals surface area contributed by atoms with Gasteiger partial charge in [-0.25, -0.2) is 0 Å². The van der Waals surface area contributed by atoms with Gasteiger partial charge in [-0.1, -0.05) is 41.4 Å². The number of halogens is 2. The van der Waals surface area contributed by atoms with E-state index in [4.69, 9.17) is 38.5 Å². The van der Waals surface area contributed by atoms with Crippen LogP contribution in [0.25, 0.3) is 6.08 Å². The first kappa shape index (κ1) is 15.9. The van der Waals surface area contributed by atoms with Gasteiger partial charge in [-0.05, 0) is 29.8 Å². The van der Waals surface area contributed by atoms with E-state index in [-0.39, 0.29) is 6.61 Å². The summed E-state index contributed by atoms with van der Waals surface area (Å²) in [6, 6.07) is 14.5. The van der Waals surface area contributed by atoms with Crippen molar-refractivity contribution < 1.29 is 4.74 Å². The quantitative estimate of drug-likeness (QED) is 0.743. The van der Waals surface area contributed by atoms with Gasteiger partial charge < -0.3 is 4.74 Å². The molecule has 0 aromatic heterocycles. The Morgan fingerprint density at radius 2 is 1.77 bits per heavy atom. The Hall–Kier alpha value is -2.46. The second kappa shape index (κ2) is 7.52. The monoisotopic (exact) mass is 328 g/mol. The van der Waals surface area contributed by atoms with E-state index in [1.165, 1.54) is 6.08 Å². The lowest BCUT2D eigenvalue weighted by molar-refractivity contribution is 0.306. The van der Waals surface area contributed by atoms with Crippen LogP contribution in [0, 0.1) is 22.7 Å². The highest BCUT2D eigenvalue weighted by Gasteiger charge is 2.10. The normalized spacial score (nSPS) is 10.2. The van der Waals surface area contributed by atoms with Crippen molar-refractivity contribution in [3.05, 3.63) is 69.2 Å². The summed E-state index contributed by atoms with van der Waals surface area (Å²) in [5.74, 6) is 0.352. The van der Waals surface area contributed by atoms with E-state index < -0.39 is 0 Å². The van der Waals surface area contributed by atoms with Crippen molar-refractivity contribution in [1.29, 1.82) is 10.5 Å². The molecule has 0 amide bonds. The highest BCUT2D eigenvalue weighted by molar-refractivity contribution is 6.37. The van der Waals surface area contributed by atoms with Crippen molar-refractivity contribution in [3.8, 4) is 17.9 Å². The Morgan fingerprint density at radius 1 is 1.09 bits per heavy atom. The highest BCUT2D eigenvalue weighted by Crippen LogP contribution is 2.35. The fraction of sp³-hybridized carbons (Fsp3) is 0.0588. The molecular weight excluding hydrogens is 319 g/mol. The Morgan fingerprint density at radius 3 is 2.41 bits per heavy atom. The summed E-state index contributed by atoms with van der Waals surface area (Å²) in [7, 11) is 0. The molecule has 0 unspecified atom stereocenters. The third kappa shape index (κ3) is 3.80. The molecule has 5 heteroatoms. The predicted octanol–water partition coefficient (Wildman–Crippen LogP) is 4.98. The number of benzene rings is 2. The zero-order valence-electron chi connectivity index (χ0n) is 11.4. The maximum absolute atomic E-state index is 9.05. The van der Waals surface area contributed by atoms with Crippen LogP contribution in [-0.4, -0.2) is 0 Å². The van der Waals surface area contributed by atoms with E-state index in [1.54, 1.807) is 30.3 Å². The summed E-state index contributed by atoms with van der Waals surface area (Å²) in [6.07, 6.45) is 2.94. The number of hydrogen-bond acceptors (Lipinski definition) is 3. The molecule has 0 aliphatic heterocycles. The predicted molar refractivity (Wildman–Crippen MR) is 86.6 cm³/mol. The van der Waals surface area contributed by atoms with Crippen LogP contribution in [0.15, 0.2) is 42.5 Å². The molecule has 2 aromatic carbocycles. The summed E-state index contributed by atoms with van der Waals surface area (Å²) in [5.41, 5.74) is 2.01. The minimum atomic E-state index is 0.191. The van der Waals surface area contributed by atoms with Crippen molar-refractivity contribution in [2.24, 2.45) is 0 Å². The zero-order valence-corrected chi connectivity index (χ0v) is 12.9. The summed E-state index contributed by atoms with van der Waals surface area (Å²) >= 11 is 12.3. The molecule has 0 aliphatic carbocycles. The van der Waals surface area contributed by atoms with Gasteiger partial charge in [0.1, 0.15) is 6.61 Å². The lowest BCUT2D eigenvalue weighted by Crippen LogP contribution is -1.99. The van der Waals surface area contributed by atoms with Gasteiger partial charge in [-0.3, -0.25) is 0 Å². The van der Waals surface area contributed by atoms with Gasteiger partial charge in [-0.15, -0.1) is 0 Å². The molecule has 108 valence electrons. The summed E-state index contributed by atoms with van der Waals surface area (Å²) < 4.78 is 5.65. The van der Waals surface area contributed by atoms with Gasteiger partial charge in [0.2, 0.25) is 0 Å². The molecule has 0 atom stereocenters. The van der Waals surface area contributed by atoms with Crippen LogP contribution >= 0.6 is 23.2 Å². The first-order valence-electron chi connectivity index (χ1n) is 6.31. The molecule has 0 fully saturated rings. The third-order valence-corrected chi connectivity index (χ3v) is 3.44. The summed E-state index contributed by atoms with van der Waals surface area (Å²) in [5, 5.41) is 18.3. The lowest BCUT2D eigenvalue weighted by atomic mass is 10.1. The smallest absolute Gasteiger partial charge is 0.157 e. The number of allylic oxidation sites excluding steroid dienone is 1. The first-order valence-corrected chi connectivity index (χ1v) is 7.07. The second-order valence-electron chi connectivity index (χ2n) is 4.33. The summed E-state index contributed by atoms with van der Waals surface area (Å²) in [6.45, 7) is 0.191. The first-order chi connectivity index (χ1) is 10.7. The third-order valence-electron chi connectivity index (χ3n) is 2.88. The van der Waals surface area contributed by atoms with E-state index in [9.17, 15) is 0 Å². The van der Waals surface area contributed by atoms with Gasteiger partial charge >= 0.3 is 0 Å². The van der Waals surface area contributed by atoms with Crippen LogP contribution in [0.3, 0.4) is 0 Å². The van der Waals surface area contributed by atoms with E-state index in [1.807, 2.05) is 18.2 Å². The lowest BCUT2D eigenvalue weighted by Gasteiger charge is -2.11. The molecule has 2 aromatic rings. The van der Waals surface area contributed by atoms with Gasteiger partial charge in [0, 0.05) is 11.6 Å². The van der Waals surface area contributed by atoms with Crippen molar-refractivity contribution in [1.82, 2.24) is 0 Å². The molecule has 0 saturated heterocycles. The SMILES string of the molecule is N#C/C=C/c1cc(Cl)c(OCc2ccccc2C#N)c(Cl)c1. The Kier molecular flexibility index (Phi) is 5.44. The maximum atomic E-state index is 9.05. The van der Waals surface area contributed by atoms with Gasteiger partial charge in [0.15, 0.2) is 5.75 Å². The Balaban J connectivity index is 2.22. The van der Waals surface area contributed by atoms with Crippen LogP contribution in [-0.2, 0) is 6.61 Å². The van der Waals surface area contributed by atoms with Crippen molar-refractivity contribution in [2.45, 2.75) is 6.61 Å². The van der Waals surface area contributed by atoms with Gasteiger partial charge in [0.25, 0.3) is 0 Å². The van der Waals surface area contributed by atoms with Crippen molar-refractivity contribution >= 4 is 29.3 Å². The molecule has 2 rings (SSSR count). The molecule has 0 heterocycles. The average Bonchev–Trinajstić information content (AvgIpc) is 2.52. The Bertz CT molecular complexity index is 778. The molecule has 0 saturated carbocycles. The number of hydrogen-bond donors (Lipinski definition) is 0. The molecule has 0 spiro atoms. The van der Waals surface area contributed by atoms with Gasteiger partial charge in [0.05, 0.1) is 27.7 Å². The number of nitriles is 2. The molecule has 0 N–H and O–H groups in total. The van der Waals surface area contributed by atoms with E-state index in [0.717, 1.165) is 5.56 Å². The van der Waals surface area contributed by atoms with E-state index in [0.29, 0.717) is 26.9 Å². The largest absolute Gasteiger partial charge is 0.486 e. The molecule has 3 nitrogen and oxygen atoms in total. The Labute approximate surface area is 138 Å². The summed E-state index contributed by atoms with van der Waals surface area (Å²) in [4.78, 5) is 0.